The van der Waals surface area contributed by atoms with Gasteiger partial charge in [-0.1, -0.05) is 23.5 Å². The molecular formula is C34H38F3N7O4S3. The van der Waals surface area contributed by atoms with Gasteiger partial charge < -0.3 is 15.1 Å². The second-order valence-electron chi connectivity index (χ2n) is 13.9. The Labute approximate surface area is 299 Å². The molecule has 7 rings (SSSR count). The molecule has 2 atom stereocenters. The number of fused-ring (bicyclic) bond motifs is 2. The third-order valence-corrected chi connectivity index (χ3v) is 15.1. The number of nitrogens with one attached hydrogen (secondary N) is 2. The highest BCUT2D eigenvalue weighted by Crippen LogP contribution is 2.45. The Bertz CT molecular complexity index is 2160. The lowest BCUT2D eigenvalue weighted by Gasteiger charge is -2.39. The number of hydrogen-bond donors (Lipinski definition) is 2. The van der Waals surface area contributed by atoms with Crippen LogP contribution in [0.5, 0.6) is 0 Å². The fraction of sp³-hybridized carbons (Fsp3) is 0.441. The van der Waals surface area contributed by atoms with Crippen LogP contribution in [0.3, 0.4) is 0 Å². The van der Waals surface area contributed by atoms with Gasteiger partial charge in [0.2, 0.25) is 5.95 Å². The van der Waals surface area contributed by atoms with Gasteiger partial charge in [0, 0.05) is 49.2 Å². The van der Waals surface area contributed by atoms with E-state index in [1.54, 1.807) is 19.2 Å². The Kier molecular flexibility index (Phi) is 9.29. The average Bonchev–Trinajstić information content (AvgIpc) is 3.61. The highest BCUT2D eigenvalue weighted by Gasteiger charge is 2.42. The van der Waals surface area contributed by atoms with Gasteiger partial charge in [-0.2, -0.15) is 0 Å². The molecule has 2 aromatic heterocycles. The first-order chi connectivity index (χ1) is 24.1. The Morgan fingerprint density at radius 2 is 1.55 bits per heavy atom. The Morgan fingerprint density at radius 1 is 0.902 bits per heavy atom. The smallest absolute Gasteiger partial charge is 0.267 e. The molecule has 4 aromatic rings. The standard InChI is InChI=1S/C34H38F3N7O4S3/c1-34(50(3,45)46)15-12-20(13-16-34)39-32-38-17-14-27(40-32)30-29(41-33(49-30)44-21-10-11-22(44)19-43(2)18-21)23-6-4-9-26(28(23)37)42-51(47,48)31-24(35)7-5-8-25(31)36/h4-9,14,17,20-22,42H,10-13,15-16,18-19H2,1-3H3,(H,38,39,40). The highest BCUT2D eigenvalue weighted by atomic mass is 32.2. The van der Waals surface area contributed by atoms with Crippen LogP contribution in [0, 0.1) is 17.5 Å². The van der Waals surface area contributed by atoms with E-state index in [0.29, 0.717) is 47.3 Å². The first-order valence-corrected chi connectivity index (χ1v) is 20.9. The number of hydrogen-bond acceptors (Lipinski definition) is 11. The van der Waals surface area contributed by atoms with E-state index in [-0.39, 0.29) is 29.4 Å². The van der Waals surface area contributed by atoms with Crippen molar-refractivity contribution in [3.63, 3.8) is 0 Å². The Hall–Kier alpha value is -3.80. The molecule has 2 bridgehead atoms. The van der Waals surface area contributed by atoms with E-state index in [1.165, 1.54) is 35.8 Å². The molecule has 1 saturated carbocycles. The van der Waals surface area contributed by atoms with Gasteiger partial charge in [-0.25, -0.2) is 45.0 Å². The fourth-order valence-electron chi connectivity index (χ4n) is 7.41. The molecule has 0 amide bonds. The predicted octanol–water partition coefficient (Wildman–Crippen LogP) is 5.93. The maximum absolute atomic E-state index is 16.4. The second kappa shape index (κ2) is 13.3. The Morgan fingerprint density at radius 3 is 2.20 bits per heavy atom. The first-order valence-electron chi connectivity index (χ1n) is 16.7. The van der Waals surface area contributed by atoms with Gasteiger partial charge in [0.05, 0.1) is 26.7 Å². The number of nitrogens with zero attached hydrogens (tertiary/aromatic N) is 5. The van der Waals surface area contributed by atoms with Gasteiger partial charge in [0.25, 0.3) is 10.0 Å². The summed E-state index contributed by atoms with van der Waals surface area (Å²) >= 11 is 1.36. The van der Waals surface area contributed by atoms with Gasteiger partial charge in [0.15, 0.2) is 25.7 Å². The molecule has 17 heteroatoms. The van der Waals surface area contributed by atoms with E-state index in [9.17, 15) is 25.6 Å². The van der Waals surface area contributed by atoms with E-state index >= 15 is 4.39 Å². The molecule has 272 valence electrons. The van der Waals surface area contributed by atoms with Crippen LogP contribution in [0.25, 0.3) is 21.8 Å². The molecule has 3 fully saturated rings. The third-order valence-electron chi connectivity index (χ3n) is 10.3. The number of halogens is 3. The molecule has 2 aliphatic heterocycles. The van der Waals surface area contributed by atoms with E-state index < -0.39 is 52.6 Å². The third kappa shape index (κ3) is 6.80. The number of likely N-dealkylation sites (N-methyl/N-ethyl adjacent to an activating group) is 1. The lowest BCUT2D eigenvalue weighted by atomic mass is 9.86. The minimum Gasteiger partial charge on any atom is -0.351 e. The van der Waals surface area contributed by atoms with Crippen molar-refractivity contribution in [1.29, 1.82) is 0 Å². The largest absolute Gasteiger partial charge is 0.351 e. The van der Waals surface area contributed by atoms with Crippen LogP contribution in [-0.4, -0.2) is 86.0 Å². The van der Waals surface area contributed by atoms with Crippen molar-refractivity contribution in [1.82, 2.24) is 19.9 Å². The van der Waals surface area contributed by atoms with E-state index in [1.807, 2.05) is 4.72 Å². The van der Waals surface area contributed by atoms with Crippen molar-refractivity contribution in [3.05, 3.63) is 66.1 Å². The lowest BCUT2D eigenvalue weighted by molar-refractivity contribution is 0.264. The van der Waals surface area contributed by atoms with Gasteiger partial charge in [-0.15, -0.1) is 0 Å². The summed E-state index contributed by atoms with van der Waals surface area (Å²) in [5, 5.41) is 4.03. The minimum atomic E-state index is -4.85. The SMILES string of the molecule is CN1CC2CCC(C1)N2c1nc(-c2cccc(NS(=O)(=O)c3c(F)cccc3F)c2F)c(-c2ccnc(NC3CCC(C)(S(C)(=O)=O)CC3)n2)s1. The lowest BCUT2D eigenvalue weighted by Crippen LogP contribution is -2.52. The number of piperazine rings is 1. The molecule has 2 unspecified atom stereocenters. The molecule has 2 saturated heterocycles. The van der Waals surface area contributed by atoms with Crippen LogP contribution in [0.2, 0.25) is 0 Å². The number of sulfone groups is 1. The summed E-state index contributed by atoms with van der Waals surface area (Å²) in [6, 6.07) is 8.82. The predicted molar refractivity (Wildman–Crippen MR) is 192 cm³/mol. The highest BCUT2D eigenvalue weighted by molar-refractivity contribution is 7.92. The van der Waals surface area contributed by atoms with Crippen molar-refractivity contribution < 1.29 is 30.0 Å². The summed E-state index contributed by atoms with van der Waals surface area (Å²) in [6.07, 6.45) is 7.06. The quantitative estimate of drug-likeness (QED) is 0.211. The van der Waals surface area contributed by atoms with Crippen LogP contribution in [0.4, 0.5) is 29.9 Å². The number of rotatable bonds is 9. The van der Waals surface area contributed by atoms with Crippen LogP contribution in [0.1, 0.15) is 45.4 Å². The summed E-state index contributed by atoms with van der Waals surface area (Å²) < 4.78 is 97.5. The van der Waals surface area contributed by atoms with Crippen molar-refractivity contribution in [2.75, 3.05) is 41.3 Å². The average molecular weight is 762 g/mol. The van der Waals surface area contributed by atoms with Crippen LogP contribution < -0.4 is 14.9 Å². The van der Waals surface area contributed by atoms with Gasteiger partial charge in [0.1, 0.15) is 11.6 Å². The number of anilines is 3. The minimum absolute atomic E-state index is 0.0244. The molecule has 4 heterocycles. The molecule has 0 radical (unpaired) electrons. The first kappa shape index (κ1) is 35.6. The zero-order chi connectivity index (χ0) is 36.3. The number of thiazole rings is 1. The Balaban J connectivity index is 1.25. The maximum Gasteiger partial charge on any atom is 0.267 e. The molecule has 11 nitrogen and oxygen atoms in total. The van der Waals surface area contributed by atoms with Gasteiger partial charge in [-0.05, 0) is 82.8 Å². The van der Waals surface area contributed by atoms with E-state index in [2.05, 4.69) is 27.1 Å². The van der Waals surface area contributed by atoms with E-state index in [0.717, 1.165) is 44.1 Å². The molecule has 2 N–H and O–H groups in total. The van der Waals surface area contributed by atoms with Crippen molar-refractivity contribution >= 4 is 48.0 Å². The summed E-state index contributed by atoms with van der Waals surface area (Å²) in [5.41, 5.74) is 0.168. The van der Waals surface area contributed by atoms with Gasteiger partial charge >= 0.3 is 0 Å². The summed E-state index contributed by atoms with van der Waals surface area (Å²) in [5.74, 6) is -3.26. The van der Waals surface area contributed by atoms with Crippen LogP contribution in [-0.2, 0) is 19.9 Å². The molecule has 51 heavy (non-hydrogen) atoms. The monoisotopic (exact) mass is 761 g/mol. The molecule has 0 spiro atoms. The zero-order valence-corrected chi connectivity index (χ0v) is 30.7. The molecule has 3 aliphatic rings. The second-order valence-corrected chi connectivity index (χ2v) is 19.0. The number of benzene rings is 2. The number of likely N-dealkylation sites (tertiary alicyclic amines) is 1. The van der Waals surface area contributed by atoms with E-state index in [4.69, 9.17) is 9.97 Å². The van der Waals surface area contributed by atoms with Gasteiger partial charge in [-0.3, -0.25) is 4.72 Å². The maximum atomic E-state index is 16.4. The summed E-state index contributed by atoms with van der Waals surface area (Å²) in [4.78, 5) is 18.1. The fourth-order valence-corrected chi connectivity index (χ4v) is 10.8. The normalized spacial score (nSPS) is 24.1. The van der Waals surface area contributed by atoms with Crippen molar-refractivity contribution in [3.8, 4) is 21.8 Å². The number of aromatic nitrogens is 3. The number of sulfonamides is 1. The summed E-state index contributed by atoms with van der Waals surface area (Å²) in [7, 11) is -5.98. The summed E-state index contributed by atoms with van der Waals surface area (Å²) in [6.45, 7) is 3.48. The molecule has 2 aromatic carbocycles. The van der Waals surface area contributed by atoms with Crippen LogP contribution in [0.15, 0.2) is 53.6 Å². The van der Waals surface area contributed by atoms with Crippen molar-refractivity contribution in [2.24, 2.45) is 0 Å². The van der Waals surface area contributed by atoms with Crippen molar-refractivity contribution in [2.45, 2.75) is 73.2 Å². The zero-order valence-electron chi connectivity index (χ0n) is 28.2. The molecular weight excluding hydrogens is 724 g/mol. The topological polar surface area (TPSA) is 137 Å². The molecule has 1 aliphatic carbocycles. The van der Waals surface area contributed by atoms with Crippen LogP contribution >= 0.6 is 11.3 Å².